The number of thiophene rings is 1. The Morgan fingerprint density at radius 3 is 3.18 bits per heavy atom. The van der Waals surface area contributed by atoms with Crippen LogP contribution in [-0.4, -0.2) is 28.5 Å². The molecule has 0 aromatic carbocycles. The molecule has 0 amide bonds. The number of ether oxygens (including phenoxy) is 1. The second-order valence-electron chi connectivity index (χ2n) is 4.72. The van der Waals surface area contributed by atoms with Gasteiger partial charge in [0.2, 0.25) is 5.13 Å². The molecular formula is C13H11FN4O2S2. The quantitative estimate of drug-likeness (QED) is 0.788. The Hall–Kier alpha value is -1.84. The third kappa shape index (κ3) is 2.62. The molecule has 0 saturated carbocycles. The number of nitrogens with zero attached hydrogens (tertiary/aromatic N) is 3. The molecule has 1 unspecified atom stereocenters. The first-order valence-corrected chi connectivity index (χ1v) is 8.31. The molecule has 1 atom stereocenters. The lowest BCUT2D eigenvalue weighted by atomic mass is 10.1. The zero-order valence-corrected chi connectivity index (χ0v) is 12.9. The molecule has 4 heterocycles. The highest BCUT2D eigenvalue weighted by Crippen LogP contribution is 2.33. The number of halogens is 1. The molecule has 3 aromatic rings. The molecule has 0 radical (unpaired) electrons. The predicted molar refractivity (Wildman–Crippen MR) is 80.6 cm³/mol. The maximum absolute atomic E-state index is 13.4. The lowest BCUT2D eigenvalue weighted by Gasteiger charge is -2.23. The molecule has 3 aromatic heterocycles. The number of fused-ring (bicyclic) bond motifs is 1. The summed E-state index contributed by atoms with van der Waals surface area (Å²) >= 11 is 2.58. The van der Waals surface area contributed by atoms with Crippen LogP contribution < -0.4 is 5.32 Å². The van der Waals surface area contributed by atoms with Crippen molar-refractivity contribution in [3.05, 3.63) is 34.0 Å². The monoisotopic (exact) mass is 338 g/mol. The van der Waals surface area contributed by atoms with Crippen LogP contribution in [0.2, 0.25) is 0 Å². The fraction of sp³-hybridized carbons (Fsp3) is 0.308. The first-order valence-electron chi connectivity index (χ1n) is 6.67. The van der Waals surface area contributed by atoms with Crippen molar-refractivity contribution in [2.24, 2.45) is 0 Å². The Labute approximate surface area is 132 Å². The zero-order valence-electron chi connectivity index (χ0n) is 11.3. The molecule has 0 bridgehead atoms. The van der Waals surface area contributed by atoms with E-state index < -0.39 is 0 Å². The minimum absolute atomic E-state index is 0.162. The SMILES string of the molecule is Fc1cc2c(s1)CCOC2CNc1nnc(-c2ccon2)s1. The van der Waals surface area contributed by atoms with Crippen molar-refractivity contribution in [2.45, 2.75) is 12.5 Å². The van der Waals surface area contributed by atoms with Crippen LogP contribution in [-0.2, 0) is 11.2 Å². The number of hydrogen-bond acceptors (Lipinski definition) is 8. The van der Waals surface area contributed by atoms with E-state index in [4.69, 9.17) is 9.26 Å². The first kappa shape index (κ1) is 13.8. The lowest BCUT2D eigenvalue weighted by molar-refractivity contribution is 0.0525. The van der Waals surface area contributed by atoms with Crippen molar-refractivity contribution < 1.29 is 13.7 Å². The number of aromatic nitrogens is 3. The Morgan fingerprint density at radius 1 is 1.36 bits per heavy atom. The Morgan fingerprint density at radius 2 is 2.32 bits per heavy atom. The molecule has 9 heteroatoms. The fourth-order valence-electron chi connectivity index (χ4n) is 2.33. The third-order valence-corrected chi connectivity index (χ3v) is 5.23. The highest BCUT2D eigenvalue weighted by molar-refractivity contribution is 7.18. The van der Waals surface area contributed by atoms with Crippen LogP contribution in [0.5, 0.6) is 0 Å². The van der Waals surface area contributed by atoms with E-state index in [2.05, 4.69) is 20.7 Å². The molecule has 0 fully saturated rings. The number of nitrogens with one attached hydrogen (secondary N) is 1. The van der Waals surface area contributed by atoms with Crippen LogP contribution in [0.15, 0.2) is 22.9 Å². The smallest absolute Gasteiger partial charge is 0.206 e. The van der Waals surface area contributed by atoms with Gasteiger partial charge in [-0.05, 0) is 11.6 Å². The van der Waals surface area contributed by atoms with E-state index in [0.717, 1.165) is 16.9 Å². The van der Waals surface area contributed by atoms with E-state index in [1.165, 1.54) is 28.9 Å². The Bertz CT molecular complexity index is 771. The van der Waals surface area contributed by atoms with Crippen LogP contribution >= 0.6 is 22.7 Å². The first-order chi connectivity index (χ1) is 10.8. The van der Waals surface area contributed by atoms with E-state index in [1.54, 1.807) is 12.1 Å². The molecule has 0 spiro atoms. The summed E-state index contributed by atoms with van der Waals surface area (Å²) < 4.78 is 23.9. The van der Waals surface area contributed by atoms with E-state index in [0.29, 0.717) is 29.0 Å². The van der Waals surface area contributed by atoms with E-state index in [1.807, 2.05) is 0 Å². The summed E-state index contributed by atoms with van der Waals surface area (Å²) in [5, 5.41) is 16.3. The second-order valence-corrected chi connectivity index (χ2v) is 6.78. The van der Waals surface area contributed by atoms with Gasteiger partial charge in [-0.2, -0.15) is 4.39 Å². The number of anilines is 1. The van der Waals surface area contributed by atoms with Gasteiger partial charge in [0.1, 0.15) is 18.1 Å². The van der Waals surface area contributed by atoms with Gasteiger partial charge >= 0.3 is 0 Å². The molecule has 1 aliphatic rings. The molecule has 4 rings (SSSR count). The molecule has 0 aliphatic carbocycles. The summed E-state index contributed by atoms with van der Waals surface area (Å²) in [5.74, 6) is 0. The van der Waals surface area contributed by atoms with E-state index in [9.17, 15) is 4.39 Å². The Kier molecular flexibility index (Phi) is 3.60. The van der Waals surface area contributed by atoms with Gasteiger partial charge in [0, 0.05) is 23.9 Å². The van der Waals surface area contributed by atoms with Crippen LogP contribution in [0, 0.1) is 5.13 Å². The minimum Gasteiger partial charge on any atom is -0.371 e. The average Bonchev–Trinajstić information content (AvgIpc) is 3.24. The third-order valence-electron chi connectivity index (χ3n) is 3.33. The summed E-state index contributed by atoms with van der Waals surface area (Å²) in [7, 11) is 0. The van der Waals surface area contributed by atoms with E-state index in [-0.39, 0.29) is 11.2 Å². The lowest BCUT2D eigenvalue weighted by Crippen LogP contribution is -2.21. The van der Waals surface area contributed by atoms with Gasteiger partial charge in [0.05, 0.1) is 6.61 Å². The van der Waals surface area contributed by atoms with Crippen LogP contribution in [0.4, 0.5) is 9.52 Å². The maximum Gasteiger partial charge on any atom is 0.206 e. The van der Waals surface area contributed by atoms with Crippen molar-refractivity contribution in [3.8, 4) is 10.7 Å². The normalized spacial score (nSPS) is 17.4. The summed E-state index contributed by atoms with van der Waals surface area (Å²) in [4.78, 5) is 1.07. The van der Waals surface area contributed by atoms with Gasteiger partial charge in [-0.3, -0.25) is 0 Å². The van der Waals surface area contributed by atoms with Gasteiger partial charge in [-0.15, -0.1) is 21.5 Å². The van der Waals surface area contributed by atoms with Crippen molar-refractivity contribution in [1.29, 1.82) is 0 Å². The van der Waals surface area contributed by atoms with Gasteiger partial charge in [0.25, 0.3) is 0 Å². The molecular weight excluding hydrogens is 327 g/mol. The standard InChI is InChI=1S/C13H11FN4O2S2/c14-11-5-7-9(19-3-2-10(7)21-11)6-15-13-17-16-12(22-13)8-1-4-20-18-8/h1,4-5,9H,2-3,6H2,(H,15,17). The van der Waals surface area contributed by atoms with E-state index >= 15 is 0 Å². The van der Waals surface area contributed by atoms with Gasteiger partial charge < -0.3 is 14.6 Å². The van der Waals surface area contributed by atoms with Crippen molar-refractivity contribution in [2.75, 3.05) is 18.5 Å². The van der Waals surface area contributed by atoms with Gasteiger partial charge in [0.15, 0.2) is 10.1 Å². The topological polar surface area (TPSA) is 73.1 Å². The molecule has 6 nitrogen and oxygen atoms in total. The highest BCUT2D eigenvalue weighted by Gasteiger charge is 2.24. The van der Waals surface area contributed by atoms with Crippen molar-refractivity contribution in [1.82, 2.24) is 15.4 Å². The van der Waals surface area contributed by atoms with Crippen molar-refractivity contribution in [3.63, 3.8) is 0 Å². The summed E-state index contributed by atoms with van der Waals surface area (Å²) in [6.45, 7) is 1.14. The van der Waals surface area contributed by atoms with Crippen LogP contribution in [0.3, 0.4) is 0 Å². The number of rotatable bonds is 4. The highest BCUT2D eigenvalue weighted by atomic mass is 32.1. The Balaban J connectivity index is 1.45. The van der Waals surface area contributed by atoms with Crippen LogP contribution in [0.1, 0.15) is 16.5 Å². The molecule has 0 saturated heterocycles. The maximum atomic E-state index is 13.4. The van der Waals surface area contributed by atoms with Crippen LogP contribution in [0.25, 0.3) is 10.7 Å². The minimum atomic E-state index is -0.163. The van der Waals surface area contributed by atoms with Gasteiger partial charge in [-0.1, -0.05) is 16.5 Å². The molecule has 1 N–H and O–H groups in total. The van der Waals surface area contributed by atoms with Crippen molar-refractivity contribution >= 4 is 27.8 Å². The zero-order chi connectivity index (χ0) is 14.9. The second kappa shape index (κ2) is 5.75. The summed E-state index contributed by atoms with van der Waals surface area (Å²) in [5.41, 5.74) is 1.59. The van der Waals surface area contributed by atoms with Gasteiger partial charge in [-0.25, -0.2) is 0 Å². The summed E-state index contributed by atoms with van der Waals surface area (Å²) in [6, 6.07) is 3.29. The average molecular weight is 338 g/mol. The molecule has 22 heavy (non-hydrogen) atoms. The predicted octanol–water partition coefficient (Wildman–Crippen LogP) is 3.12. The number of hydrogen-bond donors (Lipinski definition) is 1. The fourth-order valence-corrected chi connectivity index (χ4v) is 3.96. The molecule has 114 valence electrons. The summed E-state index contributed by atoms with van der Waals surface area (Å²) in [6.07, 6.45) is 2.10. The molecule has 1 aliphatic heterocycles. The largest absolute Gasteiger partial charge is 0.371 e.